The van der Waals surface area contributed by atoms with E-state index in [0.29, 0.717) is 5.56 Å². The van der Waals surface area contributed by atoms with Gasteiger partial charge in [0.05, 0.1) is 12.2 Å². The second kappa shape index (κ2) is 8.96. The molecule has 5 unspecified atom stereocenters. The Morgan fingerprint density at radius 3 is 2.35 bits per heavy atom. The smallest absolute Gasteiger partial charge is 0.229 e. The van der Waals surface area contributed by atoms with E-state index in [-0.39, 0.29) is 18.8 Å². The maximum Gasteiger partial charge on any atom is 0.229 e. The van der Waals surface area contributed by atoms with Crippen LogP contribution in [0.4, 0.5) is 0 Å². The zero-order valence-electron chi connectivity index (χ0n) is 16.0. The topological polar surface area (TPSA) is 197 Å². The Kier molecular flexibility index (Phi) is 6.53. The van der Waals surface area contributed by atoms with E-state index in [1.165, 1.54) is 18.2 Å². The molecule has 1 heterocycles. The molecule has 0 amide bonds. The van der Waals surface area contributed by atoms with Crippen LogP contribution in [0.25, 0.3) is 0 Å². The zero-order valence-corrected chi connectivity index (χ0v) is 16.0. The Morgan fingerprint density at radius 2 is 1.68 bits per heavy atom. The van der Waals surface area contributed by atoms with Crippen LogP contribution < -0.4 is 4.74 Å². The summed E-state index contributed by atoms with van der Waals surface area (Å²) in [5, 5.41) is 78.7. The Bertz CT molecular complexity index is 960. The molecule has 8 N–H and O–H groups in total. The summed E-state index contributed by atoms with van der Waals surface area (Å²) in [6, 6.07) is 5.81. The van der Waals surface area contributed by atoms with Crippen molar-refractivity contribution in [2.45, 2.75) is 37.1 Å². The van der Waals surface area contributed by atoms with Gasteiger partial charge in [-0.25, -0.2) is 0 Å². The molecular formula is C20H22O11. The number of hydrogen-bond acceptors (Lipinski definition) is 11. The van der Waals surface area contributed by atoms with Crippen LogP contribution in [0, 0.1) is 0 Å². The second-order valence-electron chi connectivity index (χ2n) is 7.09. The lowest BCUT2D eigenvalue weighted by atomic mass is 9.98. The normalized spacial score (nSPS) is 24.5. The molecule has 0 aromatic heterocycles. The summed E-state index contributed by atoms with van der Waals surface area (Å²) in [6.45, 7) is -0.388. The molecule has 168 valence electrons. The fourth-order valence-electron chi connectivity index (χ4n) is 3.07. The number of hydrogen-bond donors (Lipinski definition) is 8. The summed E-state index contributed by atoms with van der Waals surface area (Å²) in [6.07, 6.45) is -8.14. The molecule has 1 aliphatic rings. The van der Waals surface area contributed by atoms with E-state index in [1.807, 2.05) is 0 Å². The lowest BCUT2D eigenvalue weighted by Gasteiger charge is -2.35. The molecular weight excluding hydrogens is 416 g/mol. The number of aliphatic hydroxyl groups excluding tert-OH is 4. The standard InChI is InChI=1S/C20H22O11/c21-10-3-1-8(5-12(10)23)6-13(24)15(26)9-2-4-11(22)19(16(9)27)31-20-18(29)17(28)14(25)7-30-20/h1-5,13-14,17-18,20-25,27-29H,6-7H2. The number of rotatable bonds is 6. The van der Waals surface area contributed by atoms with Gasteiger partial charge < -0.3 is 50.3 Å². The Morgan fingerprint density at radius 1 is 1.00 bits per heavy atom. The summed E-state index contributed by atoms with van der Waals surface area (Å²) in [7, 11) is 0. The van der Waals surface area contributed by atoms with Crippen molar-refractivity contribution in [3.63, 3.8) is 0 Å². The molecule has 0 bridgehead atoms. The largest absolute Gasteiger partial charge is 0.504 e. The second-order valence-corrected chi connectivity index (χ2v) is 7.09. The molecule has 1 saturated heterocycles. The molecule has 1 aliphatic heterocycles. The SMILES string of the molecule is O=C(c1ccc(O)c(OC2OCC(O)C(O)C2O)c1O)C(O)Cc1ccc(O)c(O)c1. The monoisotopic (exact) mass is 438 g/mol. The van der Waals surface area contributed by atoms with Gasteiger partial charge >= 0.3 is 0 Å². The maximum atomic E-state index is 12.6. The lowest BCUT2D eigenvalue weighted by Crippen LogP contribution is -2.54. The van der Waals surface area contributed by atoms with Crippen molar-refractivity contribution >= 4 is 5.78 Å². The van der Waals surface area contributed by atoms with E-state index in [0.717, 1.165) is 12.1 Å². The van der Waals surface area contributed by atoms with Crippen molar-refractivity contribution in [2.24, 2.45) is 0 Å². The first-order valence-electron chi connectivity index (χ1n) is 9.20. The first kappa shape index (κ1) is 22.6. The maximum absolute atomic E-state index is 12.6. The fourth-order valence-corrected chi connectivity index (χ4v) is 3.07. The van der Waals surface area contributed by atoms with Gasteiger partial charge in [-0.1, -0.05) is 6.07 Å². The predicted molar refractivity (Wildman–Crippen MR) is 102 cm³/mol. The summed E-state index contributed by atoms with van der Waals surface area (Å²) in [5.41, 5.74) is -0.0775. The molecule has 0 saturated carbocycles. The number of ketones is 1. The predicted octanol–water partition coefficient (Wildman–Crippen LogP) is -0.887. The van der Waals surface area contributed by atoms with Crippen LogP contribution in [0.1, 0.15) is 15.9 Å². The summed E-state index contributed by atoms with van der Waals surface area (Å²) >= 11 is 0. The van der Waals surface area contributed by atoms with E-state index in [4.69, 9.17) is 9.47 Å². The fraction of sp³-hybridized carbons (Fsp3) is 0.350. The number of carbonyl (C=O) groups is 1. The van der Waals surface area contributed by atoms with Crippen LogP contribution in [0.2, 0.25) is 0 Å². The van der Waals surface area contributed by atoms with Gasteiger partial charge in [0.1, 0.15) is 24.4 Å². The van der Waals surface area contributed by atoms with Crippen LogP contribution in [-0.2, 0) is 11.2 Å². The molecule has 31 heavy (non-hydrogen) atoms. The molecule has 0 spiro atoms. The minimum atomic E-state index is -1.71. The number of phenolic OH excluding ortho intramolecular Hbond substituents is 4. The molecule has 3 rings (SSSR count). The van der Waals surface area contributed by atoms with E-state index >= 15 is 0 Å². The minimum Gasteiger partial charge on any atom is -0.504 e. The van der Waals surface area contributed by atoms with Crippen molar-refractivity contribution < 1.29 is 55.1 Å². The quantitative estimate of drug-likeness (QED) is 0.206. The van der Waals surface area contributed by atoms with Gasteiger partial charge in [0.25, 0.3) is 0 Å². The molecule has 2 aromatic carbocycles. The van der Waals surface area contributed by atoms with Crippen LogP contribution in [0.15, 0.2) is 30.3 Å². The van der Waals surface area contributed by atoms with Crippen LogP contribution in [0.3, 0.4) is 0 Å². The zero-order chi connectivity index (χ0) is 22.9. The first-order valence-corrected chi connectivity index (χ1v) is 9.20. The van der Waals surface area contributed by atoms with Crippen molar-refractivity contribution in [1.29, 1.82) is 0 Å². The van der Waals surface area contributed by atoms with Crippen molar-refractivity contribution in [2.75, 3.05) is 6.61 Å². The number of carbonyl (C=O) groups excluding carboxylic acids is 1. The van der Waals surface area contributed by atoms with Crippen molar-refractivity contribution in [3.05, 3.63) is 41.5 Å². The number of Topliss-reactive ketones (excluding diaryl/α,β-unsaturated/α-hetero) is 1. The average molecular weight is 438 g/mol. The Hall–Kier alpha value is -3.09. The molecule has 0 radical (unpaired) electrons. The average Bonchev–Trinajstić information content (AvgIpc) is 2.73. The highest BCUT2D eigenvalue weighted by molar-refractivity contribution is 6.02. The van der Waals surface area contributed by atoms with E-state index < -0.39 is 65.1 Å². The molecule has 11 nitrogen and oxygen atoms in total. The number of benzene rings is 2. The lowest BCUT2D eigenvalue weighted by molar-refractivity contribution is -0.242. The van der Waals surface area contributed by atoms with Gasteiger partial charge in [0.2, 0.25) is 12.0 Å². The van der Waals surface area contributed by atoms with Gasteiger partial charge in [0, 0.05) is 6.42 Å². The van der Waals surface area contributed by atoms with E-state index in [9.17, 15) is 45.6 Å². The van der Waals surface area contributed by atoms with Crippen LogP contribution >= 0.6 is 0 Å². The minimum absolute atomic E-state index is 0.252. The summed E-state index contributed by atoms with van der Waals surface area (Å²) < 4.78 is 10.3. The third-order valence-corrected chi connectivity index (χ3v) is 4.84. The first-order chi connectivity index (χ1) is 14.6. The van der Waals surface area contributed by atoms with Gasteiger partial charge in [-0.15, -0.1) is 0 Å². The van der Waals surface area contributed by atoms with Gasteiger partial charge in [-0.3, -0.25) is 4.79 Å². The number of ether oxygens (including phenoxy) is 2. The third kappa shape index (κ3) is 4.65. The van der Waals surface area contributed by atoms with Gasteiger partial charge in [0.15, 0.2) is 28.8 Å². The van der Waals surface area contributed by atoms with Gasteiger partial charge in [-0.2, -0.15) is 0 Å². The number of phenols is 4. The molecule has 2 aromatic rings. The highest BCUT2D eigenvalue weighted by atomic mass is 16.7. The Labute approximate surface area is 175 Å². The van der Waals surface area contributed by atoms with Crippen LogP contribution in [0.5, 0.6) is 28.7 Å². The van der Waals surface area contributed by atoms with Crippen molar-refractivity contribution in [3.8, 4) is 28.7 Å². The summed E-state index contributed by atoms with van der Waals surface area (Å²) in [4.78, 5) is 12.6. The molecule has 1 fully saturated rings. The summed E-state index contributed by atoms with van der Waals surface area (Å²) in [5.74, 6) is -3.81. The number of aliphatic hydroxyl groups is 4. The van der Waals surface area contributed by atoms with Crippen LogP contribution in [-0.4, -0.2) is 83.9 Å². The van der Waals surface area contributed by atoms with Crippen molar-refractivity contribution in [1.82, 2.24) is 0 Å². The molecule has 0 aliphatic carbocycles. The van der Waals surface area contributed by atoms with Gasteiger partial charge in [-0.05, 0) is 29.8 Å². The van der Waals surface area contributed by atoms with E-state index in [2.05, 4.69) is 0 Å². The van der Waals surface area contributed by atoms with E-state index in [1.54, 1.807) is 0 Å². The number of aromatic hydroxyl groups is 4. The molecule has 11 heteroatoms. The highest BCUT2D eigenvalue weighted by Crippen LogP contribution is 2.40. The molecule has 5 atom stereocenters. The highest BCUT2D eigenvalue weighted by Gasteiger charge is 2.40. The Balaban J connectivity index is 1.80. The third-order valence-electron chi connectivity index (χ3n) is 4.84.